The van der Waals surface area contributed by atoms with Gasteiger partial charge in [0, 0.05) is 25.9 Å². The van der Waals surface area contributed by atoms with Gasteiger partial charge in [-0.1, -0.05) is 72.8 Å². The summed E-state index contributed by atoms with van der Waals surface area (Å²) in [6, 6.07) is 22.6. The maximum absolute atomic E-state index is 14.0. The van der Waals surface area contributed by atoms with Gasteiger partial charge in [-0.3, -0.25) is 19.2 Å². The van der Waals surface area contributed by atoms with Gasteiger partial charge in [0.25, 0.3) is 5.56 Å². The maximum atomic E-state index is 14.0. The van der Waals surface area contributed by atoms with Crippen LogP contribution >= 0.6 is 0 Å². The molecule has 0 saturated carbocycles. The zero-order valence-corrected chi connectivity index (χ0v) is 22.9. The number of H-pyrrole nitrogens is 1. The Hall–Kier alpha value is -4.99. The minimum atomic E-state index is -1.24. The number of carbonyl (C=O) groups is 3. The largest absolute Gasteiger partial charge is 0.481 e. The lowest BCUT2D eigenvalue weighted by Crippen LogP contribution is -2.54. The lowest BCUT2D eigenvalue weighted by molar-refractivity contribution is -0.146. The molecule has 0 unspecified atom stereocenters. The summed E-state index contributed by atoms with van der Waals surface area (Å²) in [5, 5.41) is 12.5. The molecule has 42 heavy (non-hydrogen) atoms. The minimum absolute atomic E-state index is 0.0459. The number of hydrogen-bond donors (Lipinski definition) is 3. The number of carbonyl (C=O) groups excluding carboxylic acids is 2. The summed E-state index contributed by atoms with van der Waals surface area (Å²) in [6.07, 6.45) is 0.882. The van der Waals surface area contributed by atoms with Crippen LogP contribution in [0.3, 0.4) is 0 Å². The van der Waals surface area contributed by atoms with E-state index < -0.39 is 41.1 Å². The van der Waals surface area contributed by atoms with Crippen molar-refractivity contribution in [2.24, 2.45) is 5.92 Å². The molecule has 10 nitrogen and oxygen atoms in total. The molecule has 3 N–H and O–H groups in total. The van der Waals surface area contributed by atoms with E-state index in [9.17, 15) is 29.1 Å². The van der Waals surface area contributed by atoms with Crippen LogP contribution < -0.4 is 16.6 Å². The number of carboxylic acids is 1. The van der Waals surface area contributed by atoms with Gasteiger partial charge < -0.3 is 20.3 Å². The van der Waals surface area contributed by atoms with Crippen LogP contribution in [0.5, 0.6) is 0 Å². The van der Waals surface area contributed by atoms with Gasteiger partial charge in [-0.15, -0.1) is 0 Å². The quantitative estimate of drug-likeness (QED) is 0.283. The Labute approximate surface area is 241 Å². The fourth-order valence-electron chi connectivity index (χ4n) is 5.48. The van der Waals surface area contributed by atoms with Gasteiger partial charge in [-0.05, 0) is 36.1 Å². The average molecular weight is 569 g/mol. The first-order valence-electron chi connectivity index (χ1n) is 13.9. The number of fused-ring (bicyclic) bond motifs is 1. The van der Waals surface area contributed by atoms with Crippen LogP contribution in [0.4, 0.5) is 0 Å². The number of carboxylic acid groups (broad SMARTS) is 1. The van der Waals surface area contributed by atoms with Gasteiger partial charge in [0.1, 0.15) is 12.1 Å². The smallest absolute Gasteiger partial charge is 0.329 e. The topological polar surface area (TPSA) is 142 Å². The van der Waals surface area contributed by atoms with E-state index in [4.69, 9.17) is 0 Å². The van der Waals surface area contributed by atoms with E-state index in [1.807, 2.05) is 36.4 Å². The Bertz CT molecular complexity index is 1690. The fraction of sp³-hybridized carbons (Fsp3) is 0.281. The van der Waals surface area contributed by atoms with Gasteiger partial charge in [0.15, 0.2) is 0 Å². The molecule has 2 heterocycles. The van der Waals surface area contributed by atoms with Gasteiger partial charge in [-0.2, -0.15) is 0 Å². The first-order chi connectivity index (χ1) is 20.3. The molecule has 1 saturated heterocycles. The highest BCUT2D eigenvalue weighted by Crippen LogP contribution is 2.20. The summed E-state index contributed by atoms with van der Waals surface area (Å²) in [4.78, 5) is 70.3. The van der Waals surface area contributed by atoms with E-state index in [1.165, 1.54) is 0 Å². The lowest BCUT2D eigenvalue weighted by Gasteiger charge is -2.33. The highest BCUT2D eigenvalue weighted by Gasteiger charge is 2.34. The van der Waals surface area contributed by atoms with E-state index in [0.717, 1.165) is 15.7 Å². The van der Waals surface area contributed by atoms with Crippen LogP contribution in [0.25, 0.3) is 10.9 Å². The number of nitrogens with zero attached hydrogens (tertiary/aromatic N) is 2. The van der Waals surface area contributed by atoms with Crippen molar-refractivity contribution in [3.05, 3.63) is 117 Å². The van der Waals surface area contributed by atoms with Gasteiger partial charge in [0.05, 0.1) is 16.8 Å². The molecule has 3 aromatic carbocycles. The number of likely N-dealkylation sites (tertiary alicyclic amines) is 1. The van der Waals surface area contributed by atoms with Gasteiger partial charge in [-0.25, -0.2) is 9.36 Å². The van der Waals surface area contributed by atoms with Crippen molar-refractivity contribution in [2.75, 3.05) is 13.1 Å². The molecule has 2 amide bonds. The van der Waals surface area contributed by atoms with E-state index in [2.05, 4.69) is 10.3 Å². The summed E-state index contributed by atoms with van der Waals surface area (Å²) < 4.78 is 0.924. The molecule has 10 heteroatoms. The molecule has 0 aliphatic carbocycles. The van der Waals surface area contributed by atoms with Crippen molar-refractivity contribution < 1.29 is 19.5 Å². The molecule has 1 aliphatic rings. The number of aliphatic carboxylic acids is 1. The van der Waals surface area contributed by atoms with Crippen LogP contribution in [0.1, 0.15) is 30.0 Å². The van der Waals surface area contributed by atoms with Crippen molar-refractivity contribution in [1.82, 2.24) is 19.8 Å². The number of amides is 2. The Morgan fingerprint density at radius 3 is 2.02 bits per heavy atom. The third-order valence-corrected chi connectivity index (χ3v) is 7.78. The first-order valence-corrected chi connectivity index (χ1v) is 13.9. The van der Waals surface area contributed by atoms with E-state index in [-0.39, 0.29) is 37.2 Å². The molecule has 2 atom stereocenters. The van der Waals surface area contributed by atoms with Gasteiger partial charge in [0.2, 0.25) is 11.8 Å². The normalized spacial score (nSPS) is 15.2. The molecule has 5 rings (SSSR count). The maximum Gasteiger partial charge on any atom is 0.329 e. The fourth-order valence-corrected chi connectivity index (χ4v) is 5.48. The zero-order chi connectivity index (χ0) is 29.6. The Balaban J connectivity index is 1.49. The van der Waals surface area contributed by atoms with E-state index >= 15 is 0 Å². The predicted octanol–water partition coefficient (Wildman–Crippen LogP) is 2.52. The molecular weight excluding hydrogens is 536 g/mol. The average Bonchev–Trinajstić information content (AvgIpc) is 3.01. The van der Waals surface area contributed by atoms with E-state index in [1.54, 1.807) is 53.4 Å². The molecule has 1 aromatic heterocycles. The molecule has 0 bridgehead atoms. The van der Waals surface area contributed by atoms with E-state index in [0.29, 0.717) is 18.4 Å². The Kier molecular flexibility index (Phi) is 8.61. The summed E-state index contributed by atoms with van der Waals surface area (Å²) in [5.74, 6) is -2.38. The third kappa shape index (κ3) is 6.33. The van der Waals surface area contributed by atoms with Crippen molar-refractivity contribution >= 4 is 28.7 Å². The van der Waals surface area contributed by atoms with Crippen molar-refractivity contribution in [1.29, 1.82) is 0 Å². The predicted molar refractivity (Wildman–Crippen MR) is 157 cm³/mol. The van der Waals surface area contributed by atoms with Crippen LogP contribution in [0.2, 0.25) is 0 Å². The van der Waals surface area contributed by atoms with Crippen molar-refractivity contribution in [3.8, 4) is 0 Å². The number of nitrogens with one attached hydrogen (secondary N) is 2. The first kappa shape index (κ1) is 28.5. The number of rotatable bonds is 9. The van der Waals surface area contributed by atoms with Crippen LogP contribution in [-0.4, -0.2) is 56.5 Å². The molecule has 0 radical (unpaired) electrons. The van der Waals surface area contributed by atoms with Crippen LogP contribution in [0, 0.1) is 5.92 Å². The van der Waals surface area contributed by atoms with Crippen LogP contribution in [-0.2, 0) is 27.2 Å². The Morgan fingerprint density at radius 1 is 0.833 bits per heavy atom. The third-order valence-electron chi connectivity index (χ3n) is 7.78. The SMILES string of the molecule is O=C(O)C1CCN(C(=O)[C@H](Cc2ccccc2)NC(=O)[C@H](Cc2ccccc2)n2c(=O)[nH]c3ccccc3c2=O)CC1. The number of benzene rings is 3. The van der Waals surface area contributed by atoms with Crippen molar-refractivity contribution in [3.63, 3.8) is 0 Å². The standard InChI is InChI=1S/C32H32N4O6/c37-28(33-26(19-21-9-3-1-4-10-21)30(39)35-17-15-23(16-18-35)31(40)41)27(20-22-11-5-2-6-12-22)36-29(38)24-13-7-8-14-25(24)34-32(36)42/h1-14,23,26-27H,15-20H2,(H,33,37)(H,34,42)(H,40,41)/t26-,27-/m0/s1. The lowest BCUT2D eigenvalue weighted by atomic mass is 9.95. The summed E-state index contributed by atoms with van der Waals surface area (Å²) in [5.41, 5.74) is 0.587. The molecule has 1 fully saturated rings. The molecule has 1 aliphatic heterocycles. The van der Waals surface area contributed by atoms with Crippen LogP contribution in [0.15, 0.2) is 94.5 Å². The number of piperidine rings is 1. The second kappa shape index (κ2) is 12.7. The number of para-hydroxylation sites is 1. The number of hydrogen-bond acceptors (Lipinski definition) is 5. The minimum Gasteiger partial charge on any atom is -0.481 e. The highest BCUT2D eigenvalue weighted by molar-refractivity contribution is 5.90. The second-order valence-corrected chi connectivity index (χ2v) is 10.5. The molecule has 4 aromatic rings. The highest BCUT2D eigenvalue weighted by atomic mass is 16.4. The summed E-state index contributed by atoms with van der Waals surface area (Å²) >= 11 is 0. The monoisotopic (exact) mass is 568 g/mol. The Morgan fingerprint density at radius 2 is 1.40 bits per heavy atom. The molecule has 0 spiro atoms. The zero-order valence-electron chi connectivity index (χ0n) is 22.9. The van der Waals surface area contributed by atoms with Gasteiger partial charge >= 0.3 is 11.7 Å². The van der Waals surface area contributed by atoms with Crippen molar-refractivity contribution in [2.45, 2.75) is 37.8 Å². The molecule has 216 valence electrons. The number of aromatic amines is 1. The number of aromatic nitrogens is 2. The molecular formula is C32H32N4O6. The summed E-state index contributed by atoms with van der Waals surface area (Å²) in [7, 11) is 0. The second-order valence-electron chi connectivity index (χ2n) is 10.5. The summed E-state index contributed by atoms with van der Waals surface area (Å²) in [6.45, 7) is 0.516.